The average Bonchev–Trinajstić information content (AvgIpc) is 2.66. The summed E-state index contributed by atoms with van der Waals surface area (Å²) in [5.74, 6) is -1.46. The van der Waals surface area contributed by atoms with Crippen molar-refractivity contribution in [3.63, 3.8) is 0 Å². The van der Waals surface area contributed by atoms with Gasteiger partial charge in [-0.3, -0.25) is 4.79 Å². The van der Waals surface area contributed by atoms with Crippen molar-refractivity contribution in [2.75, 3.05) is 14.2 Å². The van der Waals surface area contributed by atoms with Gasteiger partial charge in [-0.05, 0) is 17.7 Å². The summed E-state index contributed by atoms with van der Waals surface area (Å²) in [4.78, 5) is 28.3. The topological polar surface area (TPSA) is 77.5 Å². The van der Waals surface area contributed by atoms with Gasteiger partial charge in [0.1, 0.15) is 6.04 Å². The van der Waals surface area contributed by atoms with E-state index < -0.39 is 35.2 Å². The molecule has 0 fully saturated rings. The van der Waals surface area contributed by atoms with Gasteiger partial charge in [0.15, 0.2) is 0 Å². The summed E-state index contributed by atoms with van der Waals surface area (Å²) in [6, 6.07) is 6.34. The SMILES string of the molecule is COC(=O)[C@@H](Cc1ccc(OC)nc1)NC(=O)c1ccccc1C(F)(F)F. The molecule has 0 spiro atoms. The molecule has 0 bridgehead atoms. The van der Waals surface area contributed by atoms with Crippen LogP contribution < -0.4 is 10.1 Å². The van der Waals surface area contributed by atoms with Crippen LogP contribution in [0.25, 0.3) is 0 Å². The molecule has 1 amide bonds. The molecule has 0 saturated carbocycles. The Labute approximate surface area is 153 Å². The van der Waals surface area contributed by atoms with Crippen LogP contribution in [-0.2, 0) is 22.1 Å². The number of esters is 1. The van der Waals surface area contributed by atoms with E-state index in [1.54, 1.807) is 12.1 Å². The van der Waals surface area contributed by atoms with Crippen LogP contribution in [0.3, 0.4) is 0 Å². The second kappa shape index (κ2) is 8.52. The smallest absolute Gasteiger partial charge is 0.417 e. The van der Waals surface area contributed by atoms with E-state index in [9.17, 15) is 22.8 Å². The second-order valence-electron chi connectivity index (χ2n) is 5.51. The molecule has 1 aromatic heterocycles. The minimum absolute atomic E-state index is 0.0103. The molecule has 1 heterocycles. The fourth-order valence-corrected chi connectivity index (χ4v) is 2.39. The lowest BCUT2D eigenvalue weighted by Gasteiger charge is -2.18. The molecule has 27 heavy (non-hydrogen) atoms. The van der Waals surface area contributed by atoms with Crippen molar-refractivity contribution in [1.82, 2.24) is 10.3 Å². The molecule has 0 aliphatic carbocycles. The van der Waals surface area contributed by atoms with E-state index in [1.165, 1.54) is 25.4 Å². The lowest BCUT2D eigenvalue weighted by Crippen LogP contribution is -2.43. The molecule has 1 N–H and O–H groups in total. The van der Waals surface area contributed by atoms with Gasteiger partial charge in [-0.1, -0.05) is 18.2 Å². The molecular formula is C18H17F3N2O4. The van der Waals surface area contributed by atoms with Crippen molar-refractivity contribution in [3.05, 3.63) is 59.3 Å². The maximum atomic E-state index is 13.1. The van der Waals surface area contributed by atoms with E-state index in [0.717, 1.165) is 19.2 Å². The third-order valence-corrected chi connectivity index (χ3v) is 3.71. The number of alkyl halides is 3. The summed E-state index contributed by atoms with van der Waals surface area (Å²) in [7, 11) is 2.56. The normalized spacial score (nSPS) is 12.2. The Morgan fingerprint density at radius 2 is 1.85 bits per heavy atom. The number of rotatable bonds is 6. The van der Waals surface area contributed by atoms with Crippen molar-refractivity contribution in [2.24, 2.45) is 0 Å². The molecule has 1 atom stereocenters. The monoisotopic (exact) mass is 382 g/mol. The summed E-state index contributed by atoms with van der Waals surface area (Å²) < 4.78 is 48.9. The Balaban J connectivity index is 2.23. The van der Waals surface area contributed by atoms with Crippen LogP contribution >= 0.6 is 0 Å². The fourth-order valence-electron chi connectivity index (χ4n) is 2.39. The molecule has 0 radical (unpaired) electrons. The van der Waals surface area contributed by atoms with Gasteiger partial charge in [0, 0.05) is 18.7 Å². The number of amides is 1. The highest BCUT2D eigenvalue weighted by Crippen LogP contribution is 2.31. The van der Waals surface area contributed by atoms with Crippen LogP contribution in [0.2, 0.25) is 0 Å². The predicted octanol–water partition coefficient (Wildman–Crippen LogP) is 2.62. The summed E-state index contributed by atoms with van der Waals surface area (Å²) >= 11 is 0. The van der Waals surface area contributed by atoms with E-state index in [0.29, 0.717) is 11.4 Å². The first-order valence-corrected chi connectivity index (χ1v) is 7.80. The highest BCUT2D eigenvalue weighted by Gasteiger charge is 2.35. The molecule has 2 rings (SSSR count). The zero-order chi connectivity index (χ0) is 20.0. The van der Waals surface area contributed by atoms with Gasteiger partial charge in [-0.2, -0.15) is 13.2 Å². The van der Waals surface area contributed by atoms with E-state index in [2.05, 4.69) is 15.0 Å². The first-order valence-electron chi connectivity index (χ1n) is 7.80. The minimum atomic E-state index is -4.70. The average molecular weight is 382 g/mol. The zero-order valence-corrected chi connectivity index (χ0v) is 14.5. The first kappa shape index (κ1) is 20.2. The number of carbonyl (C=O) groups is 2. The number of pyridine rings is 1. The predicted molar refractivity (Wildman–Crippen MR) is 89.2 cm³/mol. The summed E-state index contributed by atoms with van der Waals surface area (Å²) in [5, 5.41) is 2.30. The number of aromatic nitrogens is 1. The molecule has 6 nitrogen and oxygen atoms in total. The highest BCUT2D eigenvalue weighted by atomic mass is 19.4. The quantitative estimate of drug-likeness (QED) is 0.778. The molecular weight excluding hydrogens is 365 g/mol. The zero-order valence-electron chi connectivity index (χ0n) is 14.5. The standard InChI is InChI=1S/C18H17F3N2O4/c1-26-15-8-7-11(10-22-15)9-14(17(25)27-2)23-16(24)12-5-3-4-6-13(12)18(19,20)21/h3-8,10,14H,9H2,1-2H3,(H,23,24)/t14-/m1/s1. The van der Waals surface area contributed by atoms with E-state index >= 15 is 0 Å². The summed E-state index contributed by atoms with van der Waals surface area (Å²) in [6.45, 7) is 0. The number of nitrogens with one attached hydrogen (secondary N) is 1. The number of carbonyl (C=O) groups excluding carboxylic acids is 2. The van der Waals surface area contributed by atoms with E-state index in [4.69, 9.17) is 4.74 Å². The number of hydrogen-bond acceptors (Lipinski definition) is 5. The minimum Gasteiger partial charge on any atom is -0.481 e. The third-order valence-electron chi connectivity index (χ3n) is 3.71. The largest absolute Gasteiger partial charge is 0.481 e. The van der Waals surface area contributed by atoms with Gasteiger partial charge in [-0.15, -0.1) is 0 Å². The van der Waals surface area contributed by atoms with Crippen molar-refractivity contribution in [2.45, 2.75) is 18.6 Å². The maximum Gasteiger partial charge on any atom is 0.417 e. The Hall–Kier alpha value is -3.10. The van der Waals surface area contributed by atoms with Crippen molar-refractivity contribution < 1.29 is 32.2 Å². The third kappa shape index (κ3) is 5.19. The van der Waals surface area contributed by atoms with Crippen LogP contribution in [-0.4, -0.2) is 37.1 Å². The van der Waals surface area contributed by atoms with Gasteiger partial charge < -0.3 is 14.8 Å². The van der Waals surface area contributed by atoms with Crippen LogP contribution in [0.4, 0.5) is 13.2 Å². The Morgan fingerprint density at radius 1 is 1.15 bits per heavy atom. The number of benzene rings is 1. The number of methoxy groups -OCH3 is 2. The molecule has 0 aliphatic rings. The molecule has 9 heteroatoms. The molecule has 1 aromatic carbocycles. The van der Waals surface area contributed by atoms with Gasteiger partial charge in [0.25, 0.3) is 5.91 Å². The van der Waals surface area contributed by atoms with Crippen LogP contribution in [0.15, 0.2) is 42.6 Å². The van der Waals surface area contributed by atoms with E-state index in [-0.39, 0.29) is 6.42 Å². The fraction of sp³-hybridized carbons (Fsp3) is 0.278. The van der Waals surface area contributed by atoms with Crippen molar-refractivity contribution >= 4 is 11.9 Å². The number of ether oxygens (including phenoxy) is 2. The van der Waals surface area contributed by atoms with Crippen LogP contribution in [0.1, 0.15) is 21.5 Å². The van der Waals surface area contributed by atoms with Crippen molar-refractivity contribution in [1.29, 1.82) is 0 Å². The number of hydrogen-bond donors (Lipinski definition) is 1. The molecule has 0 saturated heterocycles. The van der Waals surface area contributed by atoms with Crippen LogP contribution in [0, 0.1) is 0 Å². The summed E-state index contributed by atoms with van der Waals surface area (Å²) in [5.41, 5.74) is -1.10. The van der Waals surface area contributed by atoms with Gasteiger partial charge >= 0.3 is 12.1 Å². The number of nitrogens with zero attached hydrogens (tertiary/aromatic N) is 1. The summed E-state index contributed by atoms with van der Waals surface area (Å²) in [6.07, 6.45) is -3.28. The molecule has 0 unspecified atom stereocenters. The van der Waals surface area contributed by atoms with Gasteiger partial charge in [-0.25, -0.2) is 9.78 Å². The molecule has 0 aliphatic heterocycles. The van der Waals surface area contributed by atoms with Crippen molar-refractivity contribution in [3.8, 4) is 5.88 Å². The molecule has 144 valence electrons. The Morgan fingerprint density at radius 3 is 2.41 bits per heavy atom. The Kier molecular flexibility index (Phi) is 6.38. The number of halogens is 3. The highest BCUT2D eigenvalue weighted by molar-refractivity contribution is 5.98. The van der Waals surface area contributed by atoms with Gasteiger partial charge in [0.05, 0.1) is 25.3 Å². The lowest BCUT2D eigenvalue weighted by molar-refractivity contribution is -0.142. The molecule has 2 aromatic rings. The second-order valence-corrected chi connectivity index (χ2v) is 5.51. The lowest BCUT2D eigenvalue weighted by atomic mass is 10.0. The maximum absolute atomic E-state index is 13.1. The van der Waals surface area contributed by atoms with Gasteiger partial charge in [0.2, 0.25) is 5.88 Å². The van der Waals surface area contributed by atoms with E-state index in [1.807, 2.05) is 0 Å². The first-order chi connectivity index (χ1) is 12.8. The Bertz CT molecular complexity index is 807. The van der Waals surface area contributed by atoms with Crippen LogP contribution in [0.5, 0.6) is 5.88 Å².